The van der Waals surface area contributed by atoms with Gasteiger partial charge in [-0.1, -0.05) is 18.2 Å². The standard InChI is InChI=1S/C21H22FN3O4/c1-15-11-23(14-29-20-5-3-4-19(10-20)25(27)28)16(2)21(13-26)24(15)12-17-6-8-18(22)9-7-17/h3-10,15-16H,11-12,14H2,1-2H3/t15-,16+/m1/s1. The summed E-state index contributed by atoms with van der Waals surface area (Å²) in [4.78, 5) is 26.1. The summed E-state index contributed by atoms with van der Waals surface area (Å²) >= 11 is 0. The van der Waals surface area contributed by atoms with Gasteiger partial charge in [0, 0.05) is 25.2 Å². The number of hydrogen-bond donors (Lipinski definition) is 0. The number of carbonyl (C=O) groups excluding carboxylic acids is 1. The van der Waals surface area contributed by atoms with Crippen LogP contribution in [-0.2, 0) is 11.3 Å². The van der Waals surface area contributed by atoms with E-state index in [1.54, 1.807) is 24.3 Å². The summed E-state index contributed by atoms with van der Waals surface area (Å²) < 4.78 is 18.9. The maximum absolute atomic E-state index is 13.2. The topological polar surface area (TPSA) is 75.9 Å². The molecular formula is C21H22FN3O4. The minimum atomic E-state index is -0.473. The lowest BCUT2D eigenvalue weighted by atomic mass is 10.0. The third-order valence-electron chi connectivity index (χ3n) is 5.08. The molecular weight excluding hydrogens is 377 g/mol. The first-order valence-electron chi connectivity index (χ1n) is 9.26. The third kappa shape index (κ3) is 4.80. The number of nitrogens with zero attached hydrogens (tertiary/aromatic N) is 3. The second kappa shape index (κ2) is 8.86. The molecule has 0 unspecified atom stereocenters. The van der Waals surface area contributed by atoms with E-state index in [-0.39, 0.29) is 30.3 Å². The molecule has 8 heteroatoms. The summed E-state index contributed by atoms with van der Waals surface area (Å²) in [7, 11) is 0. The van der Waals surface area contributed by atoms with Crippen LogP contribution in [-0.4, -0.2) is 46.0 Å². The fourth-order valence-electron chi connectivity index (χ4n) is 3.43. The summed E-state index contributed by atoms with van der Waals surface area (Å²) in [5, 5.41) is 10.9. The van der Waals surface area contributed by atoms with E-state index in [4.69, 9.17) is 4.74 Å². The Morgan fingerprint density at radius 3 is 2.62 bits per heavy atom. The molecule has 29 heavy (non-hydrogen) atoms. The monoisotopic (exact) mass is 399 g/mol. The van der Waals surface area contributed by atoms with Crippen molar-refractivity contribution in [2.24, 2.45) is 0 Å². The van der Waals surface area contributed by atoms with Crippen molar-refractivity contribution in [1.29, 1.82) is 0 Å². The highest BCUT2D eigenvalue weighted by Gasteiger charge is 2.34. The molecule has 3 rings (SSSR count). The highest BCUT2D eigenvalue weighted by atomic mass is 19.1. The molecule has 0 amide bonds. The normalized spacial score (nSPS) is 19.7. The van der Waals surface area contributed by atoms with Gasteiger partial charge >= 0.3 is 0 Å². The van der Waals surface area contributed by atoms with E-state index in [1.807, 2.05) is 23.6 Å². The van der Waals surface area contributed by atoms with Crippen LogP contribution < -0.4 is 4.74 Å². The van der Waals surface area contributed by atoms with E-state index in [0.29, 0.717) is 24.5 Å². The van der Waals surface area contributed by atoms with Crippen molar-refractivity contribution in [3.05, 3.63) is 75.7 Å². The Bertz CT molecular complexity index is 928. The van der Waals surface area contributed by atoms with Gasteiger partial charge in [-0.15, -0.1) is 0 Å². The second-order valence-corrected chi connectivity index (χ2v) is 7.07. The van der Waals surface area contributed by atoms with Crippen LogP contribution in [0.2, 0.25) is 0 Å². The van der Waals surface area contributed by atoms with Gasteiger partial charge in [-0.25, -0.2) is 9.18 Å². The van der Waals surface area contributed by atoms with Gasteiger partial charge in [0.1, 0.15) is 29.9 Å². The largest absolute Gasteiger partial charge is 0.478 e. The van der Waals surface area contributed by atoms with Gasteiger partial charge in [0.25, 0.3) is 5.69 Å². The van der Waals surface area contributed by atoms with Gasteiger partial charge in [-0.3, -0.25) is 15.0 Å². The van der Waals surface area contributed by atoms with E-state index < -0.39 is 4.92 Å². The van der Waals surface area contributed by atoms with Crippen LogP contribution in [0, 0.1) is 15.9 Å². The molecule has 1 saturated heterocycles. The van der Waals surface area contributed by atoms with Crippen molar-refractivity contribution < 1.29 is 18.8 Å². The minimum absolute atomic E-state index is 0.00131. The maximum atomic E-state index is 13.2. The number of hydrogen-bond acceptors (Lipinski definition) is 6. The van der Waals surface area contributed by atoms with Crippen LogP contribution in [0.25, 0.3) is 0 Å². The Kier molecular flexibility index (Phi) is 6.26. The fraction of sp³-hybridized carbons (Fsp3) is 0.333. The van der Waals surface area contributed by atoms with E-state index in [9.17, 15) is 19.3 Å². The zero-order valence-electron chi connectivity index (χ0n) is 16.2. The highest BCUT2D eigenvalue weighted by Crippen LogP contribution is 2.26. The molecule has 1 aliphatic heterocycles. The number of nitro benzene ring substituents is 1. The predicted molar refractivity (Wildman–Crippen MR) is 105 cm³/mol. The lowest BCUT2D eigenvalue weighted by Gasteiger charge is -2.45. The van der Waals surface area contributed by atoms with E-state index >= 15 is 0 Å². The Morgan fingerprint density at radius 2 is 1.97 bits per heavy atom. The van der Waals surface area contributed by atoms with Crippen LogP contribution in [0.3, 0.4) is 0 Å². The molecule has 152 valence electrons. The Morgan fingerprint density at radius 1 is 1.24 bits per heavy atom. The molecule has 0 saturated carbocycles. The molecule has 0 spiro atoms. The van der Waals surface area contributed by atoms with Crippen LogP contribution >= 0.6 is 0 Å². The molecule has 0 aliphatic carbocycles. The molecule has 0 aromatic heterocycles. The zero-order chi connectivity index (χ0) is 21.0. The summed E-state index contributed by atoms with van der Waals surface area (Å²) in [6.45, 7) is 5.17. The van der Waals surface area contributed by atoms with Crippen molar-refractivity contribution in [3.63, 3.8) is 0 Å². The summed E-state index contributed by atoms with van der Waals surface area (Å²) in [6, 6.07) is 11.9. The predicted octanol–water partition coefficient (Wildman–Crippen LogP) is 3.38. The molecule has 2 aromatic carbocycles. The SMILES string of the molecule is C[C@@H]1CN(COc2cccc([N+](=O)[O-])c2)[C@@H](C)C(=C=O)N1Cc1ccc(F)cc1. The molecule has 0 bridgehead atoms. The minimum Gasteiger partial charge on any atom is -0.478 e. The number of piperazine rings is 1. The average Bonchev–Trinajstić information content (AvgIpc) is 2.71. The lowest BCUT2D eigenvalue weighted by molar-refractivity contribution is -0.384. The summed E-state index contributed by atoms with van der Waals surface area (Å²) in [5.41, 5.74) is 1.36. The summed E-state index contributed by atoms with van der Waals surface area (Å²) in [6.07, 6.45) is 0. The van der Waals surface area contributed by atoms with Gasteiger partial charge in [0.2, 0.25) is 0 Å². The van der Waals surface area contributed by atoms with Crippen LogP contribution in [0.1, 0.15) is 19.4 Å². The zero-order valence-corrected chi connectivity index (χ0v) is 16.2. The maximum Gasteiger partial charge on any atom is 0.273 e. The quantitative estimate of drug-likeness (QED) is 0.421. The molecule has 7 nitrogen and oxygen atoms in total. The number of rotatable bonds is 6. The van der Waals surface area contributed by atoms with E-state index in [0.717, 1.165) is 5.56 Å². The molecule has 1 heterocycles. The second-order valence-electron chi connectivity index (χ2n) is 7.07. The molecule has 2 aromatic rings. The first-order valence-corrected chi connectivity index (χ1v) is 9.26. The van der Waals surface area contributed by atoms with Crippen LogP contribution in [0.4, 0.5) is 10.1 Å². The number of non-ortho nitro benzene ring substituents is 1. The van der Waals surface area contributed by atoms with Crippen molar-refractivity contribution in [2.75, 3.05) is 13.3 Å². The van der Waals surface area contributed by atoms with Crippen molar-refractivity contribution >= 4 is 11.6 Å². The van der Waals surface area contributed by atoms with Crippen molar-refractivity contribution in [1.82, 2.24) is 9.80 Å². The number of halogens is 1. The number of benzene rings is 2. The van der Waals surface area contributed by atoms with E-state index in [1.165, 1.54) is 24.3 Å². The fourth-order valence-corrected chi connectivity index (χ4v) is 3.43. The summed E-state index contributed by atoms with van der Waals surface area (Å²) in [5.74, 6) is 2.14. The van der Waals surface area contributed by atoms with Gasteiger partial charge in [0.05, 0.1) is 17.0 Å². The van der Waals surface area contributed by atoms with E-state index in [2.05, 4.69) is 5.94 Å². The lowest BCUT2D eigenvalue weighted by Crippen LogP contribution is -2.55. The number of ether oxygens (including phenoxy) is 1. The molecule has 1 fully saturated rings. The first kappa shape index (κ1) is 20.5. The van der Waals surface area contributed by atoms with Crippen molar-refractivity contribution in [2.45, 2.75) is 32.5 Å². The smallest absolute Gasteiger partial charge is 0.273 e. The molecule has 0 radical (unpaired) electrons. The Labute approximate surface area is 168 Å². The van der Waals surface area contributed by atoms with Gasteiger partial charge in [-0.05, 0) is 37.6 Å². The van der Waals surface area contributed by atoms with Gasteiger partial charge in [-0.2, -0.15) is 0 Å². The number of nitro groups is 1. The van der Waals surface area contributed by atoms with Crippen LogP contribution in [0.15, 0.2) is 54.2 Å². The molecule has 0 N–H and O–H groups in total. The van der Waals surface area contributed by atoms with Gasteiger partial charge < -0.3 is 9.64 Å². The van der Waals surface area contributed by atoms with Gasteiger partial charge in [0.15, 0.2) is 0 Å². The Hall–Kier alpha value is -3.22. The third-order valence-corrected chi connectivity index (χ3v) is 5.08. The molecule has 1 aliphatic rings. The highest BCUT2D eigenvalue weighted by molar-refractivity contribution is 5.54. The van der Waals surface area contributed by atoms with Crippen LogP contribution in [0.5, 0.6) is 5.75 Å². The average molecular weight is 399 g/mol. The molecule has 2 atom stereocenters. The van der Waals surface area contributed by atoms with Crippen molar-refractivity contribution in [3.8, 4) is 5.75 Å². The Balaban J connectivity index is 1.69. The first-order chi connectivity index (χ1) is 13.9.